The molecule has 84 valence electrons. The average Bonchev–Trinajstić information content (AvgIpc) is 2.61. The molecule has 0 spiro atoms. The summed E-state index contributed by atoms with van der Waals surface area (Å²) in [5.74, 6) is 0. The Morgan fingerprint density at radius 3 is 2.44 bits per heavy atom. The van der Waals surface area contributed by atoms with Crippen LogP contribution in [0.2, 0.25) is 0 Å². The summed E-state index contributed by atoms with van der Waals surface area (Å²) in [6, 6.07) is 9.12. The van der Waals surface area contributed by atoms with Gasteiger partial charge in [-0.2, -0.15) is 5.10 Å². The zero-order valence-corrected chi connectivity index (χ0v) is 10.0. The van der Waals surface area contributed by atoms with E-state index in [1.165, 1.54) is 10.9 Å². The van der Waals surface area contributed by atoms with Gasteiger partial charge in [-0.3, -0.25) is 4.68 Å². The first kappa shape index (κ1) is 11.2. The molecule has 2 rings (SSSR count). The zero-order chi connectivity index (χ0) is 11.8. The lowest BCUT2D eigenvalue weighted by molar-refractivity contribution is 0.609. The molecule has 2 aromatic rings. The summed E-state index contributed by atoms with van der Waals surface area (Å²) in [6.07, 6.45) is 1.25. The number of hydrogen-bond acceptors (Lipinski definition) is 3. The molecule has 0 fully saturated rings. The van der Waals surface area contributed by atoms with Gasteiger partial charge in [-0.25, -0.2) is 8.42 Å². The summed E-state index contributed by atoms with van der Waals surface area (Å²) >= 11 is 0. The molecule has 6 heteroatoms. The van der Waals surface area contributed by atoms with Gasteiger partial charge in [-0.1, -0.05) is 30.3 Å². The molecule has 0 amide bonds. The molecule has 0 radical (unpaired) electrons. The molecule has 16 heavy (non-hydrogen) atoms. The van der Waals surface area contributed by atoms with Gasteiger partial charge >= 0.3 is 0 Å². The van der Waals surface area contributed by atoms with E-state index in [1.54, 1.807) is 7.05 Å². The van der Waals surface area contributed by atoms with Gasteiger partial charge in [0.05, 0.1) is 11.9 Å². The van der Waals surface area contributed by atoms with Gasteiger partial charge in [-0.15, -0.1) is 0 Å². The molecule has 1 aromatic carbocycles. The maximum absolute atomic E-state index is 11.4. The van der Waals surface area contributed by atoms with Crippen LogP contribution < -0.4 is 0 Å². The van der Waals surface area contributed by atoms with Crippen molar-refractivity contribution in [2.24, 2.45) is 7.05 Å². The van der Waals surface area contributed by atoms with E-state index in [9.17, 15) is 8.42 Å². The minimum absolute atomic E-state index is 0.0304. The predicted octanol–water partition coefficient (Wildman–Crippen LogP) is 2.01. The Bertz CT molecular complexity index is 605. The molecular weight excluding hydrogens is 248 g/mol. The minimum Gasteiger partial charge on any atom is -0.267 e. The highest BCUT2D eigenvalue weighted by Crippen LogP contribution is 2.28. The van der Waals surface area contributed by atoms with Crippen molar-refractivity contribution < 1.29 is 8.42 Å². The minimum atomic E-state index is -3.77. The first-order chi connectivity index (χ1) is 7.50. The van der Waals surface area contributed by atoms with Crippen molar-refractivity contribution in [2.45, 2.75) is 4.90 Å². The molecular formula is C10H9ClN2O2S. The highest BCUT2D eigenvalue weighted by molar-refractivity contribution is 8.13. The van der Waals surface area contributed by atoms with Crippen LogP contribution in [0.4, 0.5) is 0 Å². The second-order valence-electron chi connectivity index (χ2n) is 3.28. The molecule has 1 heterocycles. The lowest BCUT2D eigenvalue weighted by Gasteiger charge is -2.03. The van der Waals surface area contributed by atoms with Gasteiger partial charge in [0.15, 0.2) is 0 Å². The third kappa shape index (κ3) is 1.96. The fourth-order valence-electron chi connectivity index (χ4n) is 1.52. The number of nitrogens with zero attached hydrogens (tertiary/aromatic N) is 2. The molecule has 0 N–H and O–H groups in total. The van der Waals surface area contributed by atoms with Gasteiger partial charge in [0.25, 0.3) is 9.05 Å². The zero-order valence-electron chi connectivity index (χ0n) is 8.46. The van der Waals surface area contributed by atoms with Crippen molar-refractivity contribution in [3.63, 3.8) is 0 Å². The SMILES string of the molecule is Cn1ncc(S(=O)(=O)Cl)c1-c1ccccc1. The quantitative estimate of drug-likeness (QED) is 0.773. The summed E-state index contributed by atoms with van der Waals surface area (Å²) in [5, 5.41) is 3.91. The second-order valence-corrected chi connectivity index (χ2v) is 5.82. The lowest BCUT2D eigenvalue weighted by Crippen LogP contribution is -1.97. The molecule has 0 unspecified atom stereocenters. The summed E-state index contributed by atoms with van der Waals surface area (Å²) in [6.45, 7) is 0. The van der Waals surface area contributed by atoms with Gasteiger partial charge in [-0.05, 0) is 0 Å². The van der Waals surface area contributed by atoms with Crippen LogP contribution in [0, 0.1) is 0 Å². The van der Waals surface area contributed by atoms with Crippen molar-refractivity contribution >= 4 is 19.7 Å². The topological polar surface area (TPSA) is 52.0 Å². The van der Waals surface area contributed by atoms with Gasteiger partial charge in [0, 0.05) is 23.3 Å². The monoisotopic (exact) mass is 256 g/mol. The Morgan fingerprint density at radius 2 is 1.88 bits per heavy atom. The molecule has 0 aliphatic heterocycles. The fraction of sp³-hybridized carbons (Fsp3) is 0.100. The first-order valence-electron chi connectivity index (χ1n) is 4.52. The van der Waals surface area contributed by atoms with Crippen LogP contribution in [0.1, 0.15) is 0 Å². The van der Waals surface area contributed by atoms with Crippen molar-refractivity contribution in [3.8, 4) is 11.3 Å². The van der Waals surface area contributed by atoms with E-state index in [1.807, 2.05) is 30.3 Å². The Balaban J connectivity index is 2.71. The number of benzene rings is 1. The number of aromatic nitrogens is 2. The van der Waals surface area contributed by atoms with Crippen molar-refractivity contribution in [2.75, 3.05) is 0 Å². The fourth-order valence-corrected chi connectivity index (χ4v) is 2.51. The summed E-state index contributed by atoms with van der Waals surface area (Å²) < 4.78 is 24.2. The van der Waals surface area contributed by atoms with Crippen LogP contribution in [-0.2, 0) is 16.1 Å². The molecule has 0 saturated carbocycles. The number of rotatable bonds is 2. The van der Waals surface area contributed by atoms with Gasteiger partial charge in [0.1, 0.15) is 4.90 Å². The Labute approximate surface area is 97.9 Å². The van der Waals surface area contributed by atoms with Crippen LogP contribution in [0.5, 0.6) is 0 Å². The standard InChI is InChI=1S/C10H9ClN2O2S/c1-13-10(8-5-3-2-4-6-8)9(7-12-13)16(11,14)15/h2-7H,1H3. The molecule has 0 atom stereocenters. The second kappa shape index (κ2) is 3.92. The largest absolute Gasteiger partial charge is 0.267 e. The van der Waals surface area contributed by atoms with E-state index in [0.29, 0.717) is 5.69 Å². The summed E-state index contributed by atoms with van der Waals surface area (Å²) in [7, 11) is 3.25. The average molecular weight is 257 g/mol. The normalized spacial score (nSPS) is 11.6. The van der Waals surface area contributed by atoms with Crippen LogP contribution in [0.15, 0.2) is 41.4 Å². The van der Waals surface area contributed by atoms with Crippen LogP contribution >= 0.6 is 10.7 Å². The van der Waals surface area contributed by atoms with E-state index in [0.717, 1.165) is 5.56 Å². The molecule has 0 saturated heterocycles. The van der Waals surface area contributed by atoms with Gasteiger partial charge in [0.2, 0.25) is 0 Å². The van der Waals surface area contributed by atoms with E-state index in [-0.39, 0.29) is 4.90 Å². The molecule has 0 aliphatic rings. The lowest BCUT2D eigenvalue weighted by atomic mass is 10.1. The Hall–Kier alpha value is -1.33. The van der Waals surface area contributed by atoms with E-state index < -0.39 is 9.05 Å². The molecule has 0 bridgehead atoms. The van der Waals surface area contributed by atoms with Crippen LogP contribution in [-0.4, -0.2) is 18.2 Å². The maximum Gasteiger partial charge on any atom is 0.265 e. The highest BCUT2D eigenvalue weighted by Gasteiger charge is 2.20. The van der Waals surface area contributed by atoms with Crippen molar-refractivity contribution in [1.29, 1.82) is 0 Å². The Morgan fingerprint density at radius 1 is 1.25 bits per heavy atom. The molecule has 0 aliphatic carbocycles. The van der Waals surface area contributed by atoms with Crippen LogP contribution in [0.3, 0.4) is 0 Å². The Kier molecular flexibility index (Phi) is 2.73. The highest BCUT2D eigenvalue weighted by atomic mass is 35.7. The van der Waals surface area contributed by atoms with Crippen molar-refractivity contribution in [3.05, 3.63) is 36.5 Å². The van der Waals surface area contributed by atoms with Gasteiger partial charge < -0.3 is 0 Å². The summed E-state index contributed by atoms with van der Waals surface area (Å²) in [5.41, 5.74) is 1.26. The third-order valence-electron chi connectivity index (χ3n) is 2.22. The molecule has 4 nitrogen and oxygen atoms in total. The molecule has 1 aromatic heterocycles. The van der Waals surface area contributed by atoms with E-state index in [2.05, 4.69) is 5.10 Å². The number of aryl methyl sites for hydroxylation is 1. The summed E-state index contributed by atoms with van der Waals surface area (Å²) in [4.78, 5) is 0.0304. The number of hydrogen-bond donors (Lipinski definition) is 0. The van der Waals surface area contributed by atoms with E-state index in [4.69, 9.17) is 10.7 Å². The predicted molar refractivity (Wildman–Crippen MR) is 61.7 cm³/mol. The van der Waals surface area contributed by atoms with Crippen molar-refractivity contribution in [1.82, 2.24) is 9.78 Å². The van der Waals surface area contributed by atoms with Crippen LogP contribution in [0.25, 0.3) is 11.3 Å². The van der Waals surface area contributed by atoms with E-state index >= 15 is 0 Å². The third-order valence-corrected chi connectivity index (χ3v) is 3.54. The smallest absolute Gasteiger partial charge is 0.265 e. The maximum atomic E-state index is 11.4. The first-order valence-corrected chi connectivity index (χ1v) is 6.83. The number of halogens is 1.